The van der Waals surface area contributed by atoms with Gasteiger partial charge in [-0.05, 0) is 15.4 Å². The van der Waals surface area contributed by atoms with Gasteiger partial charge in [0.2, 0.25) is 0 Å². The third-order valence-electron chi connectivity index (χ3n) is 5.43. The summed E-state index contributed by atoms with van der Waals surface area (Å²) in [6, 6.07) is 20.9. The van der Waals surface area contributed by atoms with E-state index in [1.165, 1.54) is 10.4 Å². The van der Waals surface area contributed by atoms with Crippen molar-refractivity contribution in [3.8, 4) is 12.3 Å². The van der Waals surface area contributed by atoms with Crippen molar-refractivity contribution in [3.05, 3.63) is 60.7 Å². The van der Waals surface area contributed by atoms with E-state index < -0.39 is 8.32 Å². The first kappa shape index (κ1) is 20.4. The quantitative estimate of drug-likeness (QED) is 0.429. The number of benzene rings is 2. The molecule has 1 fully saturated rings. The van der Waals surface area contributed by atoms with Crippen LogP contribution in [0.25, 0.3) is 0 Å². The SMILES string of the molecule is C#CC[C@H]1C[C@H](CO[Si](c2ccccc2)(c2ccccc2)C(C)(C)C)OC1=O. The Labute approximate surface area is 169 Å². The third-order valence-corrected chi connectivity index (χ3v) is 10.4. The zero-order valence-corrected chi connectivity index (χ0v) is 17.9. The molecule has 0 N–H and O–H groups in total. The molecule has 3 nitrogen and oxygen atoms in total. The second-order valence-corrected chi connectivity index (χ2v) is 12.7. The van der Waals surface area contributed by atoms with Crippen LogP contribution in [0.1, 0.15) is 33.6 Å². The van der Waals surface area contributed by atoms with Gasteiger partial charge in [-0.2, -0.15) is 0 Å². The van der Waals surface area contributed by atoms with Crippen LogP contribution in [0.3, 0.4) is 0 Å². The van der Waals surface area contributed by atoms with Crippen molar-refractivity contribution in [1.82, 2.24) is 0 Å². The molecule has 2 aromatic rings. The van der Waals surface area contributed by atoms with E-state index >= 15 is 0 Å². The summed E-state index contributed by atoms with van der Waals surface area (Å²) in [5.74, 6) is 2.17. The summed E-state index contributed by atoms with van der Waals surface area (Å²) >= 11 is 0. The topological polar surface area (TPSA) is 35.5 Å². The van der Waals surface area contributed by atoms with Crippen molar-refractivity contribution < 1.29 is 14.0 Å². The largest absolute Gasteiger partial charge is 0.460 e. The van der Waals surface area contributed by atoms with E-state index in [1.807, 2.05) is 12.1 Å². The van der Waals surface area contributed by atoms with Gasteiger partial charge in [0.05, 0.1) is 12.5 Å². The molecule has 4 heteroatoms. The molecule has 2 aromatic carbocycles. The lowest BCUT2D eigenvalue weighted by atomic mass is 10.0. The highest BCUT2D eigenvalue weighted by atomic mass is 28.4. The Bertz CT molecular complexity index is 794. The van der Waals surface area contributed by atoms with Crippen LogP contribution in [-0.2, 0) is 14.0 Å². The first-order chi connectivity index (χ1) is 13.4. The van der Waals surface area contributed by atoms with Gasteiger partial charge < -0.3 is 9.16 Å². The van der Waals surface area contributed by atoms with E-state index in [0.29, 0.717) is 19.4 Å². The molecule has 2 atom stereocenters. The normalized spacial score (nSPS) is 19.9. The molecule has 1 saturated heterocycles. The standard InChI is InChI=1S/C24H28O3Si/c1-5-12-19-17-20(27-23(19)25)18-26-28(24(2,3)4,21-13-8-6-9-14-21)22-15-10-7-11-16-22/h1,6-11,13-16,19-20H,12,17-18H2,2-4H3/t19-,20+/m0/s1. The Morgan fingerprint density at radius 3 is 2.07 bits per heavy atom. The summed E-state index contributed by atoms with van der Waals surface area (Å²) in [6.45, 7) is 7.10. The van der Waals surface area contributed by atoms with E-state index in [0.717, 1.165) is 0 Å². The lowest BCUT2D eigenvalue weighted by Gasteiger charge is -2.43. The molecule has 146 valence electrons. The van der Waals surface area contributed by atoms with Gasteiger partial charge in [0.15, 0.2) is 0 Å². The van der Waals surface area contributed by atoms with Crippen LogP contribution >= 0.6 is 0 Å². The Morgan fingerprint density at radius 2 is 1.61 bits per heavy atom. The Morgan fingerprint density at radius 1 is 1.07 bits per heavy atom. The second-order valence-electron chi connectivity index (χ2n) is 8.37. The van der Waals surface area contributed by atoms with Gasteiger partial charge in [0, 0.05) is 12.8 Å². The predicted molar refractivity (Wildman–Crippen MR) is 115 cm³/mol. The van der Waals surface area contributed by atoms with Crippen LogP contribution < -0.4 is 10.4 Å². The molecule has 1 aliphatic heterocycles. The Hall–Kier alpha value is -2.35. The second kappa shape index (κ2) is 8.34. The van der Waals surface area contributed by atoms with Crippen LogP contribution in [0, 0.1) is 18.3 Å². The van der Waals surface area contributed by atoms with Gasteiger partial charge in [-0.25, -0.2) is 0 Å². The van der Waals surface area contributed by atoms with Crippen molar-refractivity contribution in [2.45, 2.75) is 44.8 Å². The van der Waals surface area contributed by atoms with Crippen LogP contribution in [-0.4, -0.2) is 27.0 Å². The van der Waals surface area contributed by atoms with Gasteiger partial charge >= 0.3 is 5.97 Å². The van der Waals surface area contributed by atoms with Crippen LogP contribution in [0.5, 0.6) is 0 Å². The number of hydrogen-bond donors (Lipinski definition) is 0. The number of rotatable bonds is 6. The average molecular weight is 393 g/mol. The van der Waals surface area contributed by atoms with E-state index in [9.17, 15) is 4.79 Å². The number of esters is 1. The van der Waals surface area contributed by atoms with E-state index in [4.69, 9.17) is 15.6 Å². The van der Waals surface area contributed by atoms with Gasteiger partial charge in [-0.1, -0.05) is 81.4 Å². The molecule has 1 heterocycles. The van der Waals surface area contributed by atoms with Crippen molar-refractivity contribution in [2.24, 2.45) is 5.92 Å². The molecule has 0 bridgehead atoms. The van der Waals surface area contributed by atoms with Gasteiger partial charge in [-0.3, -0.25) is 4.79 Å². The molecule has 0 saturated carbocycles. The smallest absolute Gasteiger partial charge is 0.310 e. The molecule has 0 unspecified atom stereocenters. The Kier molecular flexibility index (Phi) is 6.07. The maximum atomic E-state index is 12.1. The predicted octanol–water partition coefficient (Wildman–Crippen LogP) is 3.52. The lowest BCUT2D eigenvalue weighted by Crippen LogP contribution is -2.67. The van der Waals surface area contributed by atoms with Gasteiger partial charge in [0.1, 0.15) is 6.10 Å². The number of ether oxygens (including phenoxy) is 1. The summed E-state index contributed by atoms with van der Waals surface area (Å²) in [7, 11) is -2.61. The summed E-state index contributed by atoms with van der Waals surface area (Å²) in [6.07, 6.45) is 6.19. The summed E-state index contributed by atoms with van der Waals surface area (Å²) < 4.78 is 12.4. The highest BCUT2D eigenvalue weighted by molar-refractivity contribution is 6.99. The fourth-order valence-electron chi connectivity index (χ4n) is 4.11. The lowest BCUT2D eigenvalue weighted by molar-refractivity contribution is -0.145. The molecule has 0 aromatic heterocycles. The van der Waals surface area contributed by atoms with E-state index in [1.54, 1.807) is 0 Å². The maximum Gasteiger partial charge on any atom is 0.310 e. The first-order valence-electron chi connectivity index (χ1n) is 9.77. The average Bonchev–Trinajstić information content (AvgIpc) is 3.03. The number of terminal acetylenes is 1. The Balaban J connectivity index is 1.96. The number of hydrogen-bond acceptors (Lipinski definition) is 3. The highest BCUT2D eigenvalue weighted by Gasteiger charge is 2.51. The highest BCUT2D eigenvalue weighted by Crippen LogP contribution is 2.37. The van der Waals surface area contributed by atoms with Crippen molar-refractivity contribution in [2.75, 3.05) is 6.61 Å². The molecule has 0 radical (unpaired) electrons. The minimum atomic E-state index is -2.61. The van der Waals surface area contributed by atoms with E-state index in [-0.39, 0.29) is 23.0 Å². The molecule has 0 spiro atoms. The zero-order valence-electron chi connectivity index (χ0n) is 16.9. The van der Waals surface area contributed by atoms with Crippen molar-refractivity contribution >= 4 is 24.7 Å². The van der Waals surface area contributed by atoms with Crippen molar-refractivity contribution in [3.63, 3.8) is 0 Å². The van der Waals surface area contributed by atoms with Crippen LogP contribution in [0.15, 0.2) is 60.7 Å². The first-order valence-corrected chi connectivity index (χ1v) is 11.7. The number of carbonyl (C=O) groups excluding carboxylic acids is 1. The fraction of sp³-hybridized carbons (Fsp3) is 0.375. The molecular weight excluding hydrogens is 364 g/mol. The molecule has 1 aliphatic rings. The maximum absolute atomic E-state index is 12.1. The molecule has 28 heavy (non-hydrogen) atoms. The minimum absolute atomic E-state index is 0.101. The zero-order chi connectivity index (χ0) is 20.2. The summed E-state index contributed by atoms with van der Waals surface area (Å²) in [5, 5.41) is 2.34. The number of carbonyl (C=O) groups is 1. The third kappa shape index (κ3) is 3.92. The van der Waals surface area contributed by atoms with Gasteiger partial charge in [-0.15, -0.1) is 12.3 Å². The summed E-state index contributed by atoms with van der Waals surface area (Å²) in [5.41, 5.74) is 0. The van der Waals surface area contributed by atoms with Gasteiger partial charge in [0.25, 0.3) is 8.32 Å². The fourth-order valence-corrected chi connectivity index (χ4v) is 8.70. The summed E-state index contributed by atoms with van der Waals surface area (Å²) in [4.78, 5) is 12.1. The molecule has 3 rings (SSSR count). The van der Waals surface area contributed by atoms with Crippen LogP contribution in [0.2, 0.25) is 5.04 Å². The van der Waals surface area contributed by atoms with Crippen molar-refractivity contribution in [1.29, 1.82) is 0 Å². The minimum Gasteiger partial charge on any atom is -0.460 e. The molecule has 0 aliphatic carbocycles. The number of cyclic esters (lactones) is 1. The van der Waals surface area contributed by atoms with Crippen LogP contribution in [0.4, 0.5) is 0 Å². The van der Waals surface area contributed by atoms with E-state index in [2.05, 4.69) is 75.2 Å². The molecular formula is C24H28O3Si. The molecule has 0 amide bonds. The monoisotopic (exact) mass is 392 g/mol.